The average Bonchev–Trinajstić information content (AvgIpc) is 2.93. The molecule has 122 valence electrons. The van der Waals surface area contributed by atoms with Gasteiger partial charge in [-0.2, -0.15) is 0 Å². The summed E-state index contributed by atoms with van der Waals surface area (Å²) in [5, 5.41) is 3.67. The number of aromatic nitrogens is 1. The zero-order valence-electron chi connectivity index (χ0n) is 13.1. The molecule has 0 fully saturated rings. The highest BCUT2D eigenvalue weighted by atomic mass is 32.1. The lowest BCUT2D eigenvalue weighted by atomic mass is 10.2. The fourth-order valence-electron chi connectivity index (χ4n) is 2.25. The van der Waals surface area contributed by atoms with Crippen molar-refractivity contribution < 1.29 is 14.3 Å². The minimum atomic E-state index is -0.554. The van der Waals surface area contributed by atoms with Gasteiger partial charge in [0.05, 0.1) is 15.2 Å². The molecule has 0 saturated carbocycles. The SMILES string of the molecule is Cc1nc2cc(NC(=O)CC(=O)OCc3ccccc3)ccc2s1. The van der Waals surface area contributed by atoms with Gasteiger partial charge in [0.15, 0.2) is 0 Å². The summed E-state index contributed by atoms with van der Waals surface area (Å²) in [5.74, 6) is -0.957. The maximum absolute atomic E-state index is 11.9. The predicted octanol–water partition coefficient (Wildman–Crippen LogP) is 3.68. The molecule has 1 amide bonds. The molecular weight excluding hydrogens is 324 g/mol. The fourth-order valence-corrected chi connectivity index (χ4v) is 3.05. The summed E-state index contributed by atoms with van der Waals surface area (Å²) < 4.78 is 6.16. The topological polar surface area (TPSA) is 68.3 Å². The smallest absolute Gasteiger partial charge is 0.315 e. The number of benzene rings is 2. The number of nitrogens with one attached hydrogen (secondary N) is 1. The molecule has 0 aliphatic carbocycles. The van der Waals surface area contributed by atoms with Crippen LogP contribution in [-0.2, 0) is 20.9 Å². The molecule has 0 radical (unpaired) electrons. The lowest BCUT2D eigenvalue weighted by Gasteiger charge is -2.06. The van der Waals surface area contributed by atoms with Crippen LogP contribution in [0.15, 0.2) is 48.5 Å². The maximum atomic E-state index is 11.9. The van der Waals surface area contributed by atoms with Crippen LogP contribution in [0.2, 0.25) is 0 Å². The van der Waals surface area contributed by atoms with Crippen molar-refractivity contribution in [1.82, 2.24) is 4.98 Å². The summed E-state index contributed by atoms with van der Waals surface area (Å²) in [6.45, 7) is 2.10. The average molecular weight is 340 g/mol. The zero-order chi connectivity index (χ0) is 16.9. The van der Waals surface area contributed by atoms with Gasteiger partial charge in [0, 0.05) is 5.69 Å². The lowest BCUT2D eigenvalue weighted by molar-refractivity contribution is -0.146. The van der Waals surface area contributed by atoms with E-state index in [1.54, 1.807) is 23.5 Å². The molecule has 0 unspecified atom stereocenters. The maximum Gasteiger partial charge on any atom is 0.315 e. The van der Waals surface area contributed by atoms with Gasteiger partial charge >= 0.3 is 5.97 Å². The van der Waals surface area contributed by atoms with Gasteiger partial charge in [-0.1, -0.05) is 30.3 Å². The molecule has 0 spiro atoms. The van der Waals surface area contributed by atoms with E-state index >= 15 is 0 Å². The number of esters is 1. The second kappa shape index (κ2) is 7.23. The van der Waals surface area contributed by atoms with Gasteiger partial charge < -0.3 is 10.1 Å². The van der Waals surface area contributed by atoms with Crippen molar-refractivity contribution in [2.75, 3.05) is 5.32 Å². The minimum absolute atomic E-state index is 0.164. The third-order valence-electron chi connectivity index (χ3n) is 3.33. The standard InChI is InChI=1S/C18H16N2O3S/c1-12-19-15-9-14(7-8-16(15)24-12)20-17(21)10-18(22)23-11-13-5-3-2-4-6-13/h2-9H,10-11H2,1H3,(H,20,21). The van der Waals surface area contributed by atoms with Crippen molar-refractivity contribution in [3.63, 3.8) is 0 Å². The number of rotatable bonds is 5. The molecule has 0 aliphatic rings. The lowest BCUT2D eigenvalue weighted by Crippen LogP contribution is -2.18. The summed E-state index contributed by atoms with van der Waals surface area (Å²) in [6, 6.07) is 14.8. The van der Waals surface area contributed by atoms with Gasteiger partial charge in [-0.15, -0.1) is 11.3 Å². The Morgan fingerprint density at radius 2 is 1.96 bits per heavy atom. The Hall–Kier alpha value is -2.73. The number of anilines is 1. The Bertz CT molecular complexity index is 874. The molecule has 0 bridgehead atoms. The third-order valence-corrected chi connectivity index (χ3v) is 4.28. The molecule has 3 rings (SSSR count). The number of thiazole rings is 1. The van der Waals surface area contributed by atoms with Crippen molar-refractivity contribution in [3.8, 4) is 0 Å². The Morgan fingerprint density at radius 1 is 1.17 bits per heavy atom. The van der Waals surface area contributed by atoms with E-state index < -0.39 is 11.9 Å². The molecule has 5 nitrogen and oxygen atoms in total. The summed E-state index contributed by atoms with van der Waals surface area (Å²) in [6.07, 6.45) is -0.318. The third kappa shape index (κ3) is 4.17. The molecule has 2 aromatic carbocycles. The van der Waals surface area contributed by atoms with Crippen LogP contribution in [0.25, 0.3) is 10.2 Å². The molecule has 0 saturated heterocycles. The van der Waals surface area contributed by atoms with E-state index in [-0.39, 0.29) is 13.0 Å². The molecule has 1 aromatic heterocycles. The van der Waals surface area contributed by atoms with E-state index in [4.69, 9.17) is 4.74 Å². The van der Waals surface area contributed by atoms with Crippen LogP contribution < -0.4 is 5.32 Å². The Balaban J connectivity index is 1.53. The minimum Gasteiger partial charge on any atom is -0.460 e. The summed E-state index contributed by atoms with van der Waals surface area (Å²) in [4.78, 5) is 28.1. The highest BCUT2D eigenvalue weighted by molar-refractivity contribution is 7.18. The van der Waals surface area contributed by atoms with E-state index in [0.717, 1.165) is 20.8 Å². The van der Waals surface area contributed by atoms with Gasteiger partial charge in [-0.3, -0.25) is 9.59 Å². The molecule has 6 heteroatoms. The number of fused-ring (bicyclic) bond motifs is 1. The van der Waals surface area contributed by atoms with Crippen molar-refractivity contribution in [2.45, 2.75) is 20.0 Å². The summed E-state index contributed by atoms with van der Waals surface area (Å²) in [7, 11) is 0. The number of amides is 1. The largest absolute Gasteiger partial charge is 0.460 e. The van der Waals surface area contributed by atoms with Crippen molar-refractivity contribution in [1.29, 1.82) is 0 Å². The van der Waals surface area contributed by atoms with Crippen LogP contribution in [0, 0.1) is 6.92 Å². The fraction of sp³-hybridized carbons (Fsp3) is 0.167. The number of carbonyl (C=O) groups is 2. The molecule has 1 heterocycles. The first-order valence-corrected chi connectivity index (χ1v) is 8.28. The second-order valence-electron chi connectivity index (χ2n) is 5.29. The highest BCUT2D eigenvalue weighted by Gasteiger charge is 2.12. The van der Waals surface area contributed by atoms with Gasteiger partial charge in [-0.25, -0.2) is 4.98 Å². The van der Waals surface area contributed by atoms with E-state index in [0.29, 0.717) is 5.69 Å². The quantitative estimate of drug-likeness (QED) is 0.568. The first-order chi connectivity index (χ1) is 11.6. The Kier molecular flexibility index (Phi) is 4.86. The normalized spacial score (nSPS) is 10.5. The number of hydrogen-bond donors (Lipinski definition) is 1. The van der Waals surface area contributed by atoms with E-state index in [2.05, 4.69) is 10.3 Å². The van der Waals surface area contributed by atoms with E-state index in [9.17, 15) is 9.59 Å². The van der Waals surface area contributed by atoms with Crippen molar-refractivity contribution >= 4 is 39.1 Å². The predicted molar refractivity (Wildman–Crippen MR) is 93.8 cm³/mol. The monoisotopic (exact) mass is 340 g/mol. The van der Waals surface area contributed by atoms with Crippen LogP contribution >= 0.6 is 11.3 Å². The number of ether oxygens (including phenoxy) is 1. The number of hydrogen-bond acceptors (Lipinski definition) is 5. The molecule has 24 heavy (non-hydrogen) atoms. The molecule has 1 N–H and O–H groups in total. The highest BCUT2D eigenvalue weighted by Crippen LogP contribution is 2.24. The number of carbonyl (C=O) groups excluding carboxylic acids is 2. The molecule has 0 aliphatic heterocycles. The number of nitrogens with zero attached hydrogens (tertiary/aromatic N) is 1. The van der Waals surface area contributed by atoms with Crippen LogP contribution in [0.3, 0.4) is 0 Å². The van der Waals surface area contributed by atoms with Gasteiger partial charge in [0.1, 0.15) is 13.0 Å². The van der Waals surface area contributed by atoms with Gasteiger partial charge in [0.2, 0.25) is 5.91 Å². The van der Waals surface area contributed by atoms with Gasteiger partial charge in [0.25, 0.3) is 0 Å². The summed E-state index contributed by atoms with van der Waals surface area (Å²) >= 11 is 1.60. The van der Waals surface area contributed by atoms with E-state index in [1.807, 2.05) is 43.3 Å². The Labute approximate surface area is 143 Å². The first kappa shape index (κ1) is 16.1. The summed E-state index contributed by atoms with van der Waals surface area (Å²) in [5.41, 5.74) is 2.34. The first-order valence-electron chi connectivity index (χ1n) is 7.47. The van der Waals surface area contributed by atoms with Crippen LogP contribution in [0.5, 0.6) is 0 Å². The van der Waals surface area contributed by atoms with Crippen molar-refractivity contribution in [2.24, 2.45) is 0 Å². The zero-order valence-corrected chi connectivity index (χ0v) is 13.9. The Morgan fingerprint density at radius 3 is 2.75 bits per heavy atom. The van der Waals surface area contributed by atoms with Crippen molar-refractivity contribution in [3.05, 3.63) is 59.1 Å². The number of aryl methyl sites for hydroxylation is 1. The van der Waals surface area contributed by atoms with E-state index in [1.165, 1.54) is 0 Å². The van der Waals surface area contributed by atoms with Crippen LogP contribution in [0.4, 0.5) is 5.69 Å². The second-order valence-corrected chi connectivity index (χ2v) is 6.52. The molecule has 3 aromatic rings. The molecule has 0 atom stereocenters. The van der Waals surface area contributed by atoms with Crippen LogP contribution in [0.1, 0.15) is 17.0 Å². The molecular formula is C18H16N2O3S. The van der Waals surface area contributed by atoms with Crippen LogP contribution in [-0.4, -0.2) is 16.9 Å². The van der Waals surface area contributed by atoms with Gasteiger partial charge in [-0.05, 0) is 30.7 Å².